The van der Waals surface area contributed by atoms with Crippen LogP contribution in [0, 0.1) is 10.5 Å². The average molecular weight is 440 g/mol. The molecule has 1 aromatic heterocycles. The first-order valence-electron chi connectivity index (χ1n) is 8.06. The maximum Gasteiger partial charge on any atom is 0.252 e. The zero-order valence-electron chi connectivity index (χ0n) is 13.6. The van der Waals surface area contributed by atoms with Gasteiger partial charge in [-0.25, -0.2) is 0 Å². The second-order valence-corrected chi connectivity index (χ2v) is 6.96. The number of hydrogen-bond acceptors (Lipinski definition) is 4. The molecule has 1 aliphatic rings. The molecule has 2 aromatic rings. The van der Waals surface area contributed by atoms with Gasteiger partial charge in [0, 0.05) is 23.2 Å². The van der Waals surface area contributed by atoms with E-state index >= 15 is 0 Å². The van der Waals surface area contributed by atoms with Crippen LogP contribution >= 0.6 is 22.6 Å². The van der Waals surface area contributed by atoms with Gasteiger partial charge >= 0.3 is 0 Å². The molecule has 1 fully saturated rings. The molecule has 1 N–H and O–H groups in total. The molecule has 1 atom stereocenters. The van der Waals surface area contributed by atoms with Gasteiger partial charge < -0.3 is 14.5 Å². The highest BCUT2D eigenvalue weighted by atomic mass is 127. The summed E-state index contributed by atoms with van der Waals surface area (Å²) in [6.45, 7) is 5.54. The number of rotatable bonds is 5. The van der Waals surface area contributed by atoms with E-state index in [0.717, 1.165) is 28.2 Å². The second kappa shape index (κ2) is 8.13. The van der Waals surface area contributed by atoms with Crippen molar-refractivity contribution in [2.24, 2.45) is 0 Å². The van der Waals surface area contributed by atoms with Crippen LogP contribution in [0.4, 0.5) is 0 Å². The molecule has 0 saturated carbocycles. The first-order chi connectivity index (χ1) is 11.6. The third-order valence-corrected chi connectivity index (χ3v) is 5.09. The van der Waals surface area contributed by atoms with Crippen molar-refractivity contribution in [1.29, 1.82) is 0 Å². The van der Waals surface area contributed by atoms with Gasteiger partial charge in [0.1, 0.15) is 11.5 Å². The Bertz CT molecular complexity index is 695. The van der Waals surface area contributed by atoms with Crippen molar-refractivity contribution >= 4 is 28.5 Å². The molecule has 2 heterocycles. The van der Waals surface area contributed by atoms with Crippen LogP contribution in [-0.2, 0) is 4.74 Å². The van der Waals surface area contributed by atoms with E-state index in [4.69, 9.17) is 9.15 Å². The molecule has 5 nitrogen and oxygen atoms in total. The summed E-state index contributed by atoms with van der Waals surface area (Å²) in [5.41, 5.74) is 0.703. The number of amides is 1. The van der Waals surface area contributed by atoms with Gasteiger partial charge in [-0.05, 0) is 53.8 Å². The molecule has 1 aromatic carbocycles. The minimum absolute atomic E-state index is 0.0212. The summed E-state index contributed by atoms with van der Waals surface area (Å²) in [5, 5.41) is 3.06. The molecule has 1 unspecified atom stereocenters. The number of morpholine rings is 1. The average Bonchev–Trinajstić information content (AvgIpc) is 3.02. The first-order valence-corrected chi connectivity index (χ1v) is 9.14. The van der Waals surface area contributed by atoms with Crippen molar-refractivity contribution in [1.82, 2.24) is 10.2 Å². The van der Waals surface area contributed by atoms with Crippen LogP contribution in [0.2, 0.25) is 0 Å². The van der Waals surface area contributed by atoms with Crippen molar-refractivity contribution < 1.29 is 13.9 Å². The Morgan fingerprint density at radius 3 is 2.67 bits per heavy atom. The summed E-state index contributed by atoms with van der Waals surface area (Å²) in [7, 11) is 0. The topological polar surface area (TPSA) is 54.7 Å². The van der Waals surface area contributed by atoms with E-state index in [-0.39, 0.29) is 11.9 Å². The van der Waals surface area contributed by atoms with E-state index in [1.807, 2.05) is 43.3 Å². The predicted molar refractivity (Wildman–Crippen MR) is 100 cm³/mol. The Morgan fingerprint density at radius 2 is 2.00 bits per heavy atom. The number of hydrogen-bond donors (Lipinski definition) is 1. The SMILES string of the molecule is Cc1ccc(C(CNC(=O)c2ccccc2I)N2CCOCC2)o1. The monoisotopic (exact) mass is 440 g/mol. The lowest BCUT2D eigenvalue weighted by molar-refractivity contribution is 0.0117. The maximum absolute atomic E-state index is 12.5. The summed E-state index contributed by atoms with van der Waals surface area (Å²) in [6, 6.07) is 11.6. The summed E-state index contributed by atoms with van der Waals surface area (Å²) in [6.07, 6.45) is 0. The Hall–Kier alpha value is -1.38. The van der Waals surface area contributed by atoms with Gasteiger partial charge in [0.05, 0.1) is 24.8 Å². The number of furan rings is 1. The highest BCUT2D eigenvalue weighted by Crippen LogP contribution is 2.23. The molecule has 1 saturated heterocycles. The van der Waals surface area contributed by atoms with Gasteiger partial charge in [0.2, 0.25) is 0 Å². The molecule has 3 rings (SSSR count). The molecule has 6 heteroatoms. The maximum atomic E-state index is 12.5. The van der Waals surface area contributed by atoms with Crippen molar-refractivity contribution in [3.63, 3.8) is 0 Å². The lowest BCUT2D eigenvalue weighted by atomic mass is 10.1. The number of ether oxygens (including phenoxy) is 1. The van der Waals surface area contributed by atoms with Gasteiger partial charge in [0.15, 0.2) is 0 Å². The molecule has 0 bridgehead atoms. The predicted octanol–water partition coefficient (Wildman–Crippen LogP) is 3.00. The lowest BCUT2D eigenvalue weighted by Crippen LogP contribution is -2.43. The lowest BCUT2D eigenvalue weighted by Gasteiger charge is -2.33. The zero-order valence-corrected chi connectivity index (χ0v) is 15.8. The van der Waals surface area contributed by atoms with E-state index in [0.29, 0.717) is 25.3 Å². The third-order valence-electron chi connectivity index (χ3n) is 4.15. The molecular weight excluding hydrogens is 419 g/mol. The first kappa shape index (κ1) is 17.4. The number of nitrogens with zero attached hydrogens (tertiary/aromatic N) is 1. The van der Waals surface area contributed by atoms with Crippen molar-refractivity contribution in [2.45, 2.75) is 13.0 Å². The fourth-order valence-electron chi connectivity index (χ4n) is 2.86. The van der Waals surface area contributed by atoms with Crippen molar-refractivity contribution in [3.8, 4) is 0 Å². The number of nitrogens with one attached hydrogen (secondary N) is 1. The second-order valence-electron chi connectivity index (χ2n) is 5.80. The van der Waals surface area contributed by atoms with E-state index in [1.165, 1.54) is 0 Å². The Morgan fingerprint density at radius 1 is 1.25 bits per heavy atom. The summed E-state index contributed by atoms with van der Waals surface area (Å²) in [4.78, 5) is 14.8. The molecule has 0 radical (unpaired) electrons. The summed E-state index contributed by atoms with van der Waals surface area (Å²) >= 11 is 2.18. The molecule has 0 spiro atoms. The largest absolute Gasteiger partial charge is 0.465 e. The zero-order chi connectivity index (χ0) is 16.9. The van der Waals surface area contributed by atoms with Crippen molar-refractivity contribution in [2.75, 3.05) is 32.8 Å². The van der Waals surface area contributed by atoms with Gasteiger partial charge in [-0.15, -0.1) is 0 Å². The van der Waals surface area contributed by atoms with E-state index in [2.05, 4.69) is 32.8 Å². The van der Waals surface area contributed by atoms with Gasteiger partial charge in [0.25, 0.3) is 5.91 Å². The highest BCUT2D eigenvalue weighted by Gasteiger charge is 2.26. The molecule has 1 aliphatic heterocycles. The molecular formula is C18H21IN2O3. The van der Waals surface area contributed by atoms with Gasteiger partial charge in [-0.1, -0.05) is 12.1 Å². The minimum atomic E-state index is -0.0541. The third kappa shape index (κ3) is 4.17. The highest BCUT2D eigenvalue weighted by molar-refractivity contribution is 14.1. The molecule has 1 amide bonds. The quantitative estimate of drug-likeness (QED) is 0.727. The smallest absolute Gasteiger partial charge is 0.252 e. The number of halogens is 1. The van der Waals surface area contributed by atoms with Crippen LogP contribution in [0.15, 0.2) is 40.8 Å². The Balaban J connectivity index is 1.72. The fourth-order valence-corrected chi connectivity index (χ4v) is 3.49. The molecule has 0 aliphatic carbocycles. The van der Waals surface area contributed by atoms with Crippen LogP contribution in [-0.4, -0.2) is 43.7 Å². The minimum Gasteiger partial charge on any atom is -0.465 e. The van der Waals surface area contributed by atoms with Crippen LogP contribution in [0.3, 0.4) is 0 Å². The number of carbonyl (C=O) groups excluding carboxylic acids is 1. The standard InChI is InChI=1S/C18H21IN2O3/c1-13-6-7-17(24-13)16(21-8-10-23-11-9-21)12-20-18(22)14-4-2-3-5-15(14)19/h2-7,16H,8-12H2,1H3,(H,20,22). The van der Waals surface area contributed by atoms with E-state index < -0.39 is 0 Å². The van der Waals surface area contributed by atoms with Crippen LogP contribution in [0.1, 0.15) is 27.9 Å². The fraction of sp³-hybridized carbons (Fsp3) is 0.389. The van der Waals surface area contributed by atoms with Crippen LogP contribution in [0.5, 0.6) is 0 Å². The van der Waals surface area contributed by atoms with Crippen LogP contribution < -0.4 is 5.32 Å². The van der Waals surface area contributed by atoms with E-state index in [9.17, 15) is 4.79 Å². The van der Waals surface area contributed by atoms with Gasteiger partial charge in [-0.2, -0.15) is 0 Å². The normalized spacial score (nSPS) is 16.8. The summed E-state index contributed by atoms with van der Waals surface area (Å²) < 4.78 is 12.2. The van der Waals surface area contributed by atoms with E-state index in [1.54, 1.807) is 0 Å². The van der Waals surface area contributed by atoms with Crippen molar-refractivity contribution in [3.05, 3.63) is 57.1 Å². The Labute approximate surface area is 155 Å². The number of carbonyl (C=O) groups is 1. The van der Waals surface area contributed by atoms with Gasteiger partial charge in [-0.3, -0.25) is 9.69 Å². The molecule has 24 heavy (non-hydrogen) atoms. The number of benzene rings is 1. The number of aryl methyl sites for hydroxylation is 1. The van der Waals surface area contributed by atoms with Crippen LogP contribution in [0.25, 0.3) is 0 Å². The summed E-state index contributed by atoms with van der Waals surface area (Å²) in [5.74, 6) is 1.71. The Kier molecular flexibility index (Phi) is 5.91. The molecule has 128 valence electrons.